The second-order valence-electron chi connectivity index (χ2n) is 4.72. The monoisotopic (exact) mass is 338 g/mol. The molecule has 0 aliphatic carbocycles. The van der Waals surface area contributed by atoms with Crippen molar-refractivity contribution in [1.29, 1.82) is 0 Å². The minimum absolute atomic E-state index is 0.340. The normalized spacial score (nSPS) is 10.3. The van der Waals surface area contributed by atoms with E-state index in [1.807, 2.05) is 12.1 Å². The van der Waals surface area contributed by atoms with Crippen molar-refractivity contribution < 1.29 is 9.53 Å². The number of nitrogens with two attached hydrogens (primary N) is 1. The summed E-state index contributed by atoms with van der Waals surface area (Å²) in [5.74, 6) is -0.340. The van der Waals surface area contributed by atoms with Crippen LogP contribution in [0.25, 0.3) is 0 Å². The fourth-order valence-corrected chi connectivity index (χ4v) is 2.32. The van der Waals surface area contributed by atoms with E-state index < -0.39 is 0 Å². The maximum atomic E-state index is 11.3. The van der Waals surface area contributed by atoms with E-state index in [1.54, 1.807) is 24.3 Å². The third-order valence-electron chi connectivity index (χ3n) is 3.20. The van der Waals surface area contributed by atoms with E-state index in [0.29, 0.717) is 27.8 Å². The molecule has 6 heteroatoms. The summed E-state index contributed by atoms with van der Waals surface area (Å²) in [5.41, 5.74) is 8.81. The van der Waals surface area contributed by atoms with Gasteiger partial charge < -0.3 is 15.8 Å². The van der Waals surface area contributed by atoms with Crippen molar-refractivity contribution in [3.63, 3.8) is 0 Å². The third-order valence-corrected chi connectivity index (χ3v) is 3.92. The van der Waals surface area contributed by atoms with Gasteiger partial charge in [-0.1, -0.05) is 35.3 Å². The number of esters is 1. The van der Waals surface area contributed by atoms with Crippen molar-refractivity contribution in [3.8, 4) is 0 Å². The molecule has 0 bridgehead atoms. The molecule has 2 aromatic carbocycles. The van der Waals surface area contributed by atoms with Gasteiger partial charge in [0.2, 0.25) is 0 Å². The van der Waals surface area contributed by atoms with Crippen molar-refractivity contribution in [2.24, 2.45) is 0 Å². The highest BCUT2D eigenvalue weighted by Crippen LogP contribution is 2.30. The van der Waals surface area contributed by atoms with Crippen LogP contribution in [0, 0.1) is 0 Å². The molecule has 0 atom stereocenters. The lowest BCUT2D eigenvalue weighted by molar-refractivity contribution is 0.0600. The number of hydrogen-bond donors (Lipinski definition) is 2. The molecule has 3 N–H and O–H groups in total. The Labute approximate surface area is 139 Å². The number of hydrogen-bond acceptors (Lipinski definition) is 4. The number of halogens is 2. The first-order chi connectivity index (χ1) is 10.5. The van der Waals surface area contributed by atoms with E-state index in [0.717, 1.165) is 17.7 Å². The van der Waals surface area contributed by atoms with Crippen LogP contribution in [-0.2, 0) is 11.2 Å². The van der Waals surface area contributed by atoms with Crippen LogP contribution in [0.3, 0.4) is 0 Å². The highest BCUT2D eigenvalue weighted by molar-refractivity contribution is 6.42. The summed E-state index contributed by atoms with van der Waals surface area (Å²) in [6.45, 7) is 0.680. The molecule has 0 fully saturated rings. The van der Waals surface area contributed by atoms with Crippen molar-refractivity contribution in [2.75, 3.05) is 24.7 Å². The molecule has 0 radical (unpaired) electrons. The Balaban J connectivity index is 1.94. The summed E-state index contributed by atoms with van der Waals surface area (Å²) in [7, 11) is 1.36. The van der Waals surface area contributed by atoms with Crippen molar-refractivity contribution in [2.45, 2.75) is 6.42 Å². The van der Waals surface area contributed by atoms with E-state index in [-0.39, 0.29) is 5.97 Å². The van der Waals surface area contributed by atoms with Crippen LogP contribution in [0.1, 0.15) is 15.9 Å². The van der Waals surface area contributed by atoms with Gasteiger partial charge in [-0.15, -0.1) is 0 Å². The molecule has 4 nitrogen and oxygen atoms in total. The molecule has 0 spiro atoms. The zero-order chi connectivity index (χ0) is 16.1. The van der Waals surface area contributed by atoms with Gasteiger partial charge in [0, 0.05) is 6.54 Å². The number of anilines is 2. The second-order valence-corrected chi connectivity index (χ2v) is 5.53. The van der Waals surface area contributed by atoms with Crippen LogP contribution >= 0.6 is 23.2 Å². The second kappa shape index (κ2) is 7.38. The van der Waals surface area contributed by atoms with Gasteiger partial charge in [-0.2, -0.15) is 0 Å². The van der Waals surface area contributed by atoms with Crippen LogP contribution in [0.2, 0.25) is 10.0 Å². The first kappa shape index (κ1) is 16.5. The minimum atomic E-state index is -0.340. The van der Waals surface area contributed by atoms with Crippen LogP contribution in [0.15, 0.2) is 36.4 Å². The topological polar surface area (TPSA) is 64.3 Å². The first-order valence-corrected chi connectivity index (χ1v) is 7.42. The number of benzene rings is 2. The molecule has 2 rings (SSSR count). The fourth-order valence-electron chi connectivity index (χ4n) is 1.98. The highest BCUT2D eigenvalue weighted by Gasteiger charge is 2.06. The number of ether oxygens (including phenoxy) is 1. The van der Waals surface area contributed by atoms with Gasteiger partial charge in [-0.05, 0) is 36.2 Å². The van der Waals surface area contributed by atoms with E-state index in [1.165, 1.54) is 7.11 Å². The van der Waals surface area contributed by atoms with Gasteiger partial charge in [0.25, 0.3) is 0 Å². The molecule has 0 saturated carbocycles. The van der Waals surface area contributed by atoms with Crippen molar-refractivity contribution in [1.82, 2.24) is 0 Å². The molecule has 0 aliphatic rings. The smallest absolute Gasteiger partial charge is 0.337 e. The zero-order valence-corrected chi connectivity index (χ0v) is 13.5. The minimum Gasteiger partial charge on any atom is -0.465 e. The molecule has 0 amide bonds. The van der Waals surface area contributed by atoms with Crippen molar-refractivity contribution >= 4 is 40.5 Å². The van der Waals surface area contributed by atoms with E-state index >= 15 is 0 Å². The number of nitrogen functional groups attached to an aromatic ring is 1. The Morgan fingerprint density at radius 1 is 1.18 bits per heavy atom. The summed E-state index contributed by atoms with van der Waals surface area (Å²) in [5, 5.41) is 4.11. The van der Waals surface area contributed by atoms with Gasteiger partial charge in [0.05, 0.1) is 34.1 Å². The Hall–Kier alpha value is -1.91. The molecule has 0 saturated heterocycles. The predicted molar refractivity (Wildman–Crippen MR) is 90.8 cm³/mol. The summed E-state index contributed by atoms with van der Waals surface area (Å²) < 4.78 is 4.66. The summed E-state index contributed by atoms with van der Waals surface area (Å²) in [4.78, 5) is 11.3. The van der Waals surface area contributed by atoms with E-state index in [4.69, 9.17) is 28.9 Å². The van der Waals surface area contributed by atoms with Gasteiger partial charge in [-0.25, -0.2) is 4.79 Å². The van der Waals surface area contributed by atoms with E-state index in [2.05, 4.69) is 10.1 Å². The number of carbonyl (C=O) groups excluding carboxylic acids is 1. The average molecular weight is 339 g/mol. The molecule has 22 heavy (non-hydrogen) atoms. The maximum absolute atomic E-state index is 11.3. The zero-order valence-electron chi connectivity index (χ0n) is 12.0. The van der Waals surface area contributed by atoms with Crippen LogP contribution in [0.5, 0.6) is 0 Å². The van der Waals surface area contributed by atoms with Crippen LogP contribution in [0.4, 0.5) is 11.4 Å². The largest absolute Gasteiger partial charge is 0.465 e. The van der Waals surface area contributed by atoms with Crippen LogP contribution < -0.4 is 11.1 Å². The lowest BCUT2D eigenvalue weighted by Crippen LogP contribution is -2.07. The third kappa shape index (κ3) is 4.06. The highest BCUT2D eigenvalue weighted by atomic mass is 35.5. The molecular formula is C16H16Cl2N2O2. The standard InChI is InChI=1S/C16H16Cl2N2O2/c1-22-16(21)11-4-2-10(3-5-11)6-7-20-15-9-13(18)12(17)8-14(15)19/h2-5,8-9,20H,6-7,19H2,1H3. The van der Waals surface area contributed by atoms with Gasteiger partial charge in [0.1, 0.15) is 0 Å². The molecule has 0 aliphatic heterocycles. The molecule has 0 unspecified atom stereocenters. The molecular weight excluding hydrogens is 323 g/mol. The Bertz CT molecular complexity index is 673. The molecule has 0 aromatic heterocycles. The number of rotatable bonds is 5. The number of carbonyl (C=O) groups is 1. The summed E-state index contributed by atoms with van der Waals surface area (Å²) in [6.07, 6.45) is 0.779. The van der Waals surface area contributed by atoms with Gasteiger partial charge >= 0.3 is 5.97 Å². The lowest BCUT2D eigenvalue weighted by atomic mass is 10.1. The van der Waals surface area contributed by atoms with Crippen LogP contribution in [-0.4, -0.2) is 19.6 Å². The summed E-state index contributed by atoms with van der Waals surface area (Å²) >= 11 is 11.9. The molecule has 2 aromatic rings. The maximum Gasteiger partial charge on any atom is 0.337 e. The fraction of sp³-hybridized carbons (Fsp3) is 0.188. The molecule has 0 heterocycles. The Morgan fingerprint density at radius 2 is 1.82 bits per heavy atom. The van der Waals surface area contributed by atoms with Gasteiger partial charge in [0.15, 0.2) is 0 Å². The van der Waals surface area contributed by atoms with Crippen molar-refractivity contribution in [3.05, 3.63) is 57.6 Å². The lowest BCUT2D eigenvalue weighted by Gasteiger charge is -2.11. The molecule has 116 valence electrons. The quantitative estimate of drug-likeness (QED) is 0.638. The first-order valence-electron chi connectivity index (χ1n) is 6.67. The summed E-state index contributed by atoms with van der Waals surface area (Å²) in [6, 6.07) is 10.6. The Morgan fingerprint density at radius 3 is 2.45 bits per heavy atom. The van der Waals surface area contributed by atoms with E-state index in [9.17, 15) is 4.79 Å². The Kier molecular flexibility index (Phi) is 5.52. The number of nitrogens with one attached hydrogen (secondary N) is 1. The average Bonchev–Trinajstić information content (AvgIpc) is 2.52. The number of methoxy groups -OCH3 is 1. The SMILES string of the molecule is COC(=O)c1ccc(CCNc2cc(Cl)c(Cl)cc2N)cc1. The predicted octanol–water partition coefficient (Wildman–Crippen LogP) is 4.02. The van der Waals surface area contributed by atoms with Gasteiger partial charge in [-0.3, -0.25) is 0 Å².